The smallest absolute Gasteiger partial charge is 0.306 e. The molecule has 0 fully saturated rings. The quantitative estimate of drug-likeness (QED) is 0.0261. The van der Waals surface area contributed by atoms with Gasteiger partial charge in [-0.05, 0) is 122 Å². The molecule has 1 atom stereocenters. The van der Waals surface area contributed by atoms with Crippen LogP contribution >= 0.6 is 0 Å². The lowest BCUT2D eigenvalue weighted by molar-refractivity contribution is -0.167. The summed E-state index contributed by atoms with van der Waals surface area (Å²) in [5, 5.41) is 0. The van der Waals surface area contributed by atoms with Gasteiger partial charge in [0.2, 0.25) is 0 Å². The molecular formula is C75H130O6. The van der Waals surface area contributed by atoms with Gasteiger partial charge in [0.05, 0.1) is 0 Å². The summed E-state index contributed by atoms with van der Waals surface area (Å²) in [5.41, 5.74) is 0. The Kier molecular flexibility index (Phi) is 65.7. The fourth-order valence-corrected chi connectivity index (χ4v) is 9.85. The molecule has 466 valence electrons. The lowest BCUT2D eigenvalue weighted by Gasteiger charge is -2.18. The molecule has 0 aliphatic rings. The van der Waals surface area contributed by atoms with Gasteiger partial charge < -0.3 is 14.2 Å². The fraction of sp³-hybridized carbons (Fsp3) is 0.747. The van der Waals surface area contributed by atoms with E-state index in [0.29, 0.717) is 19.3 Å². The molecule has 0 aromatic carbocycles. The van der Waals surface area contributed by atoms with Gasteiger partial charge in [-0.25, -0.2) is 0 Å². The Hall–Kier alpha value is -3.67. The van der Waals surface area contributed by atoms with Crippen LogP contribution in [0.4, 0.5) is 0 Å². The molecule has 6 heteroatoms. The molecule has 0 spiro atoms. The van der Waals surface area contributed by atoms with Crippen LogP contribution in [0, 0.1) is 0 Å². The minimum absolute atomic E-state index is 0.0875. The molecule has 0 aromatic rings. The van der Waals surface area contributed by atoms with Gasteiger partial charge in [0.1, 0.15) is 13.2 Å². The number of hydrogen-bond acceptors (Lipinski definition) is 6. The van der Waals surface area contributed by atoms with E-state index < -0.39 is 6.10 Å². The first kappa shape index (κ1) is 77.3. The molecule has 0 saturated carbocycles. The Morgan fingerprint density at radius 2 is 0.481 bits per heavy atom. The topological polar surface area (TPSA) is 78.9 Å². The van der Waals surface area contributed by atoms with Gasteiger partial charge in [-0.2, -0.15) is 0 Å². The zero-order valence-corrected chi connectivity index (χ0v) is 53.5. The van der Waals surface area contributed by atoms with Gasteiger partial charge in [0.25, 0.3) is 0 Å². The lowest BCUT2D eigenvalue weighted by atomic mass is 10.0. The van der Waals surface area contributed by atoms with Crippen molar-refractivity contribution in [1.29, 1.82) is 0 Å². The second-order valence-corrected chi connectivity index (χ2v) is 23.1. The minimum Gasteiger partial charge on any atom is -0.462 e. The predicted molar refractivity (Wildman–Crippen MR) is 353 cm³/mol. The Bertz CT molecular complexity index is 1580. The van der Waals surface area contributed by atoms with Crippen molar-refractivity contribution in [2.45, 2.75) is 348 Å². The number of ether oxygens (including phenoxy) is 3. The zero-order chi connectivity index (χ0) is 58.5. The van der Waals surface area contributed by atoms with E-state index in [0.717, 1.165) is 109 Å². The van der Waals surface area contributed by atoms with Crippen LogP contribution in [-0.4, -0.2) is 37.2 Å². The summed E-state index contributed by atoms with van der Waals surface area (Å²) in [6.07, 6.45) is 92.8. The second-order valence-electron chi connectivity index (χ2n) is 23.1. The fourth-order valence-electron chi connectivity index (χ4n) is 9.85. The highest BCUT2D eigenvalue weighted by molar-refractivity contribution is 5.71. The summed E-state index contributed by atoms with van der Waals surface area (Å²) in [7, 11) is 0. The largest absolute Gasteiger partial charge is 0.462 e. The predicted octanol–water partition coefficient (Wildman–Crippen LogP) is 24.0. The number of rotatable bonds is 63. The highest BCUT2D eigenvalue weighted by atomic mass is 16.6. The second kappa shape index (κ2) is 68.8. The summed E-state index contributed by atoms with van der Waals surface area (Å²) >= 11 is 0. The van der Waals surface area contributed by atoms with Gasteiger partial charge >= 0.3 is 17.9 Å². The van der Waals surface area contributed by atoms with Crippen molar-refractivity contribution in [3.63, 3.8) is 0 Å². The molecule has 0 aliphatic carbocycles. The molecule has 1 unspecified atom stereocenters. The highest BCUT2D eigenvalue weighted by Gasteiger charge is 2.19. The number of esters is 3. The lowest BCUT2D eigenvalue weighted by Crippen LogP contribution is -2.30. The summed E-state index contributed by atoms with van der Waals surface area (Å²) in [4.78, 5) is 38.5. The summed E-state index contributed by atoms with van der Waals surface area (Å²) in [5.74, 6) is -0.903. The van der Waals surface area contributed by atoms with E-state index >= 15 is 0 Å². The standard InChI is InChI=1S/C75H130O6/c1-4-7-10-13-16-19-22-25-28-31-33-35-36-37-38-40-41-44-47-50-53-56-59-62-65-68-74(77)80-71-72(70-79-73(76)67-64-61-58-55-52-49-46-43-30-27-24-21-18-15-12-9-6-3)81-75(78)69-66-63-60-57-54-51-48-45-42-39-34-32-29-26-23-20-17-14-11-8-5-2/h9,12,18,21-22,25,27,30-34,36-37,46,49,72H,4-8,10-11,13-17,19-20,23-24,26,28-29,35,38-45,47-48,50-71H2,1-3H3/b12-9-,21-18-,25-22-,30-27-,33-31-,34-32-,37-36-,49-46-. The maximum absolute atomic E-state index is 13.0. The van der Waals surface area contributed by atoms with E-state index in [2.05, 4.69) is 118 Å². The van der Waals surface area contributed by atoms with Crippen LogP contribution in [0.1, 0.15) is 342 Å². The van der Waals surface area contributed by atoms with Crippen LogP contribution in [-0.2, 0) is 28.6 Å². The Morgan fingerprint density at radius 3 is 0.765 bits per heavy atom. The normalized spacial score (nSPS) is 12.7. The molecule has 81 heavy (non-hydrogen) atoms. The van der Waals surface area contributed by atoms with Crippen LogP contribution in [0.15, 0.2) is 97.2 Å². The van der Waals surface area contributed by atoms with E-state index in [9.17, 15) is 14.4 Å². The average Bonchev–Trinajstić information content (AvgIpc) is 3.47. The van der Waals surface area contributed by atoms with Gasteiger partial charge in [0, 0.05) is 19.3 Å². The third-order valence-electron chi connectivity index (χ3n) is 15.0. The Balaban J connectivity index is 4.39. The maximum atomic E-state index is 13.0. The van der Waals surface area contributed by atoms with E-state index in [1.807, 2.05) is 0 Å². The van der Waals surface area contributed by atoms with Crippen LogP contribution in [0.5, 0.6) is 0 Å². The monoisotopic (exact) mass is 1130 g/mol. The van der Waals surface area contributed by atoms with E-state index in [1.54, 1.807) is 0 Å². The minimum atomic E-state index is -0.794. The SMILES string of the molecule is CC/C=C\C/C=C\C/C=C\C/C=C\CCCCCCC(=O)OCC(COC(=O)CCCCCCCCCCCC/C=C\C/C=C\C/C=C\CCCCCCC)OC(=O)CCCCCCCCCCC/C=C\CCCCCCCCCC. The van der Waals surface area contributed by atoms with E-state index in [1.165, 1.54) is 193 Å². The molecule has 6 nitrogen and oxygen atoms in total. The third kappa shape index (κ3) is 67.0. The molecule has 0 saturated heterocycles. The Morgan fingerprint density at radius 1 is 0.259 bits per heavy atom. The number of carbonyl (C=O) groups excluding carboxylic acids is 3. The highest BCUT2D eigenvalue weighted by Crippen LogP contribution is 2.17. The van der Waals surface area contributed by atoms with Crippen molar-refractivity contribution in [3.8, 4) is 0 Å². The molecule has 0 heterocycles. The number of allylic oxidation sites excluding steroid dienone is 16. The first-order chi connectivity index (χ1) is 40.0. The molecule has 0 aromatic heterocycles. The number of hydrogen-bond donors (Lipinski definition) is 0. The zero-order valence-electron chi connectivity index (χ0n) is 53.5. The van der Waals surface area contributed by atoms with Crippen molar-refractivity contribution in [1.82, 2.24) is 0 Å². The first-order valence-electron chi connectivity index (χ1n) is 34.7. The third-order valence-corrected chi connectivity index (χ3v) is 15.0. The van der Waals surface area contributed by atoms with Crippen molar-refractivity contribution in [2.75, 3.05) is 13.2 Å². The van der Waals surface area contributed by atoms with E-state index in [4.69, 9.17) is 14.2 Å². The molecule has 0 amide bonds. The summed E-state index contributed by atoms with van der Waals surface area (Å²) in [6, 6.07) is 0. The number of unbranched alkanes of at least 4 members (excludes halogenated alkanes) is 36. The van der Waals surface area contributed by atoms with Gasteiger partial charge in [-0.3, -0.25) is 14.4 Å². The van der Waals surface area contributed by atoms with Crippen LogP contribution in [0.2, 0.25) is 0 Å². The molecule has 0 aliphatic heterocycles. The molecule has 0 radical (unpaired) electrons. The summed E-state index contributed by atoms with van der Waals surface area (Å²) < 4.78 is 17.0. The number of carbonyl (C=O) groups is 3. The molecular weight excluding hydrogens is 997 g/mol. The van der Waals surface area contributed by atoms with Gasteiger partial charge in [0.15, 0.2) is 6.10 Å². The van der Waals surface area contributed by atoms with Crippen LogP contribution in [0.3, 0.4) is 0 Å². The van der Waals surface area contributed by atoms with Crippen molar-refractivity contribution in [2.24, 2.45) is 0 Å². The van der Waals surface area contributed by atoms with Gasteiger partial charge in [-0.15, -0.1) is 0 Å². The van der Waals surface area contributed by atoms with E-state index in [-0.39, 0.29) is 31.1 Å². The first-order valence-corrected chi connectivity index (χ1v) is 34.7. The molecule has 0 bridgehead atoms. The molecule has 0 rings (SSSR count). The molecule has 0 N–H and O–H groups in total. The van der Waals surface area contributed by atoms with Crippen molar-refractivity contribution >= 4 is 17.9 Å². The maximum Gasteiger partial charge on any atom is 0.306 e. The van der Waals surface area contributed by atoms with Crippen LogP contribution < -0.4 is 0 Å². The van der Waals surface area contributed by atoms with Crippen molar-refractivity contribution in [3.05, 3.63) is 97.2 Å². The van der Waals surface area contributed by atoms with Crippen molar-refractivity contribution < 1.29 is 28.6 Å². The Labute approximate surface area is 502 Å². The van der Waals surface area contributed by atoms with Gasteiger partial charge in [-0.1, -0.05) is 298 Å². The summed E-state index contributed by atoms with van der Waals surface area (Å²) in [6.45, 7) is 6.53. The van der Waals surface area contributed by atoms with Crippen LogP contribution in [0.25, 0.3) is 0 Å². The average molecular weight is 1130 g/mol.